The highest BCUT2D eigenvalue weighted by molar-refractivity contribution is 5.79. The van der Waals surface area contributed by atoms with Crippen LogP contribution in [0.2, 0.25) is 0 Å². The van der Waals surface area contributed by atoms with Gasteiger partial charge in [0.05, 0.1) is 0 Å². The van der Waals surface area contributed by atoms with E-state index in [1.165, 1.54) is 5.56 Å². The third-order valence-electron chi connectivity index (χ3n) is 3.34. The average Bonchev–Trinajstić information content (AvgIpc) is 2.58. The zero-order valence-electron chi connectivity index (χ0n) is 9.60. The molecule has 1 amide bonds. The van der Waals surface area contributed by atoms with Crippen molar-refractivity contribution < 1.29 is 4.79 Å². The molecule has 1 aliphatic rings. The number of nitrogens with zero attached hydrogens (tertiary/aromatic N) is 1. The molecule has 1 saturated heterocycles. The van der Waals surface area contributed by atoms with Gasteiger partial charge in [0.1, 0.15) is 0 Å². The minimum atomic E-state index is 0.237. The standard InChI is InChI=1S/C14H17NO/c1-3-13-9-14(16)15(11(13)2)10-12-7-5-4-6-8-12/h3-8,11,13H,1,9-10H2,2H3/t11-,13-/m0/s1. The van der Waals surface area contributed by atoms with Gasteiger partial charge < -0.3 is 4.90 Å². The van der Waals surface area contributed by atoms with Gasteiger partial charge >= 0.3 is 0 Å². The van der Waals surface area contributed by atoms with E-state index >= 15 is 0 Å². The molecule has 1 aromatic rings. The fourth-order valence-electron chi connectivity index (χ4n) is 2.24. The molecule has 16 heavy (non-hydrogen) atoms. The van der Waals surface area contributed by atoms with Crippen molar-refractivity contribution >= 4 is 5.91 Å². The third kappa shape index (κ3) is 2.01. The van der Waals surface area contributed by atoms with E-state index in [-0.39, 0.29) is 11.9 Å². The zero-order chi connectivity index (χ0) is 11.5. The second-order valence-corrected chi connectivity index (χ2v) is 4.35. The predicted molar refractivity (Wildman–Crippen MR) is 64.8 cm³/mol. The number of carbonyl (C=O) groups excluding carboxylic acids is 1. The fraction of sp³-hybridized carbons (Fsp3) is 0.357. The number of rotatable bonds is 3. The summed E-state index contributed by atoms with van der Waals surface area (Å²) >= 11 is 0. The van der Waals surface area contributed by atoms with E-state index in [1.807, 2.05) is 29.2 Å². The number of hydrogen-bond donors (Lipinski definition) is 0. The Morgan fingerprint density at radius 1 is 1.44 bits per heavy atom. The van der Waals surface area contributed by atoms with E-state index in [0.717, 1.165) is 0 Å². The highest BCUT2D eigenvalue weighted by Crippen LogP contribution is 2.27. The lowest BCUT2D eigenvalue weighted by Gasteiger charge is -2.23. The van der Waals surface area contributed by atoms with Gasteiger partial charge in [0, 0.05) is 24.9 Å². The van der Waals surface area contributed by atoms with Crippen molar-refractivity contribution in [1.29, 1.82) is 0 Å². The number of likely N-dealkylation sites (tertiary alicyclic amines) is 1. The largest absolute Gasteiger partial charge is 0.335 e. The van der Waals surface area contributed by atoms with E-state index in [4.69, 9.17) is 0 Å². The Morgan fingerprint density at radius 3 is 2.69 bits per heavy atom. The molecular formula is C14H17NO. The summed E-state index contributed by atoms with van der Waals surface area (Å²) in [5, 5.41) is 0. The molecule has 1 aromatic carbocycles. The first-order valence-electron chi connectivity index (χ1n) is 5.68. The number of hydrogen-bond acceptors (Lipinski definition) is 1. The molecule has 2 rings (SSSR count). The molecule has 0 unspecified atom stereocenters. The molecule has 2 atom stereocenters. The van der Waals surface area contributed by atoms with Gasteiger partial charge in [-0.15, -0.1) is 6.58 Å². The Bertz CT molecular complexity index is 385. The molecule has 0 aromatic heterocycles. The molecule has 0 radical (unpaired) electrons. The monoisotopic (exact) mass is 215 g/mol. The Hall–Kier alpha value is -1.57. The molecule has 0 N–H and O–H groups in total. The summed E-state index contributed by atoms with van der Waals surface area (Å²) in [5.41, 5.74) is 1.19. The van der Waals surface area contributed by atoms with Crippen LogP contribution in [0.1, 0.15) is 18.9 Å². The smallest absolute Gasteiger partial charge is 0.223 e. The minimum absolute atomic E-state index is 0.237. The quantitative estimate of drug-likeness (QED) is 0.710. The summed E-state index contributed by atoms with van der Waals surface area (Å²) in [6.45, 7) is 6.60. The van der Waals surface area contributed by atoms with Crippen molar-refractivity contribution in [2.24, 2.45) is 5.92 Å². The SMILES string of the molecule is C=C[C@H]1CC(=O)N(Cc2ccccc2)[C@H]1C. The van der Waals surface area contributed by atoms with Gasteiger partial charge in [0.25, 0.3) is 0 Å². The molecular weight excluding hydrogens is 198 g/mol. The van der Waals surface area contributed by atoms with Crippen LogP contribution in [-0.4, -0.2) is 16.8 Å². The third-order valence-corrected chi connectivity index (χ3v) is 3.34. The van der Waals surface area contributed by atoms with E-state index in [0.29, 0.717) is 18.9 Å². The second kappa shape index (κ2) is 4.52. The van der Waals surface area contributed by atoms with Gasteiger partial charge in [0.2, 0.25) is 5.91 Å². The molecule has 0 aliphatic carbocycles. The lowest BCUT2D eigenvalue weighted by atomic mass is 10.0. The van der Waals surface area contributed by atoms with E-state index in [9.17, 15) is 4.79 Å². The van der Waals surface area contributed by atoms with Gasteiger partial charge in [-0.05, 0) is 12.5 Å². The van der Waals surface area contributed by atoms with Gasteiger partial charge in [0.15, 0.2) is 0 Å². The van der Waals surface area contributed by atoms with Crippen LogP contribution in [-0.2, 0) is 11.3 Å². The molecule has 2 nitrogen and oxygen atoms in total. The number of amides is 1. The first-order chi connectivity index (χ1) is 7.72. The van der Waals surface area contributed by atoms with Crippen LogP contribution in [0.3, 0.4) is 0 Å². The number of carbonyl (C=O) groups is 1. The van der Waals surface area contributed by atoms with Crippen molar-refractivity contribution in [3.05, 3.63) is 48.6 Å². The molecule has 0 bridgehead atoms. The summed E-state index contributed by atoms with van der Waals surface area (Å²) < 4.78 is 0. The van der Waals surface area contributed by atoms with Crippen LogP contribution in [0, 0.1) is 5.92 Å². The van der Waals surface area contributed by atoms with Crippen LogP contribution in [0.5, 0.6) is 0 Å². The highest BCUT2D eigenvalue weighted by Gasteiger charge is 2.34. The highest BCUT2D eigenvalue weighted by atomic mass is 16.2. The van der Waals surface area contributed by atoms with Crippen molar-refractivity contribution in [2.45, 2.75) is 25.9 Å². The topological polar surface area (TPSA) is 20.3 Å². The van der Waals surface area contributed by atoms with Crippen LogP contribution in [0.15, 0.2) is 43.0 Å². The van der Waals surface area contributed by atoms with E-state index in [1.54, 1.807) is 0 Å². The van der Waals surface area contributed by atoms with Gasteiger partial charge in [-0.3, -0.25) is 4.79 Å². The van der Waals surface area contributed by atoms with E-state index in [2.05, 4.69) is 25.6 Å². The first-order valence-corrected chi connectivity index (χ1v) is 5.68. The van der Waals surface area contributed by atoms with Crippen molar-refractivity contribution in [3.8, 4) is 0 Å². The fourth-order valence-corrected chi connectivity index (χ4v) is 2.24. The Balaban J connectivity index is 2.11. The molecule has 1 fully saturated rings. The van der Waals surface area contributed by atoms with Crippen LogP contribution in [0.4, 0.5) is 0 Å². The molecule has 84 valence electrons. The number of benzene rings is 1. The average molecular weight is 215 g/mol. The Morgan fingerprint density at radius 2 is 2.12 bits per heavy atom. The maximum absolute atomic E-state index is 11.8. The summed E-state index contributed by atoms with van der Waals surface area (Å²) in [7, 11) is 0. The zero-order valence-corrected chi connectivity index (χ0v) is 9.60. The molecule has 0 spiro atoms. The van der Waals surface area contributed by atoms with Crippen molar-refractivity contribution in [3.63, 3.8) is 0 Å². The molecule has 0 saturated carbocycles. The summed E-state index contributed by atoms with van der Waals surface area (Å²) in [6, 6.07) is 10.4. The maximum atomic E-state index is 11.8. The second-order valence-electron chi connectivity index (χ2n) is 4.35. The summed E-state index contributed by atoms with van der Waals surface area (Å²) in [5.74, 6) is 0.539. The van der Waals surface area contributed by atoms with Gasteiger partial charge in [-0.2, -0.15) is 0 Å². The van der Waals surface area contributed by atoms with Crippen LogP contribution >= 0.6 is 0 Å². The Labute approximate surface area is 96.6 Å². The van der Waals surface area contributed by atoms with Crippen LogP contribution in [0.25, 0.3) is 0 Å². The summed E-state index contributed by atoms with van der Waals surface area (Å²) in [4.78, 5) is 13.8. The maximum Gasteiger partial charge on any atom is 0.223 e. The molecule has 2 heteroatoms. The summed E-state index contributed by atoms with van der Waals surface area (Å²) in [6.07, 6.45) is 2.51. The lowest BCUT2D eigenvalue weighted by molar-refractivity contribution is -0.129. The molecule has 1 heterocycles. The Kier molecular flexibility index (Phi) is 3.09. The first kappa shape index (κ1) is 10.9. The minimum Gasteiger partial charge on any atom is -0.335 e. The van der Waals surface area contributed by atoms with Crippen molar-refractivity contribution in [1.82, 2.24) is 4.90 Å². The van der Waals surface area contributed by atoms with Gasteiger partial charge in [-0.25, -0.2) is 0 Å². The normalized spacial score (nSPS) is 24.8. The molecule has 1 aliphatic heterocycles. The van der Waals surface area contributed by atoms with Crippen LogP contribution < -0.4 is 0 Å². The van der Waals surface area contributed by atoms with Crippen molar-refractivity contribution in [2.75, 3.05) is 0 Å². The lowest BCUT2D eigenvalue weighted by Crippen LogP contribution is -2.32. The van der Waals surface area contributed by atoms with Gasteiger partial charge in [-0.1, -0.05) is 36.4 Å². The van der Waals surface area contributed by atoms with E-state index < -0.39 is 0 Å². The predicted octanol–water partition coefficient (Wildman–Crippen LogP) is 2.61.